The van der Waals surface area contributed by atoms with Crippen LogP contribution in [0, 0.1) is 23.2 Å². The number of carbonyl (C=O) groups is 1. The fourth-order valence-electron chi connectivity index (χ4n) is 1.85. The van der Waals surface area contributed by atoms with Gasteiger partial charge in [0.1, 0.15) is 0 Å². The average Bonchev–Trinajstić information content (AvgIpc) is 2.79. The van der Waals surface area contributed by atoms with Gasteiger partial charge in [-0.1, -0.05) is 25.7 Å². The largest absolute Gasteiger partial charge is 0.295 e. The van der Waals surface area contributed by atoms with Crippen molar-refractivity contribution >= 4 is 5.78 Å². The number of hydrogen-bond donors (Lipinski definition) is 0. The van der Waals surface area contributed by atoms with Crippen LogP contribution in [-0.2, 0) is 4.79 Å². The topological polar surface area (TPSA) is 17.1 Å². The Morgan fingerprint density at radius 1 is 1.36 bits per heavy atom. The summed E-state index contributed by atoms with van der Waals surface area (Å²) < 4.78 is 0. The van der Waals surface area contributed by atoms with Gasteiger partial charge in [0, 0.05) is 17.9 Å². The third-order valence-corrected chi connectivity index (χ3v) is 2.67. The molecule has 0 spiro atoms. The molecule has 0 unspecified atom stereocenters. The van der Waals surface area contributed by atoms with E-state index in [1.54, 1.807) is 6.08 Å². The Bertz CT molecular complexity index is 345. The third-order valence-electron chi connectivity index (χ3n) is 2.67. The maximum Gasteiger partial charge on any atom is 0.157 e. The minimum atomic E-state index is 0.111. The van der Waals surface area contributed by atoms with Crippen LogP contribution in [0.2, 0.25) is 0 Å². The summed E-state index contributed by atoms with van der Waals surface area (Å²) in [5.74, 6) is 7.23. The summed E-state index contributed by atoms with van der Waals surface area (Å²) >= 11 is 0. The zero-order valence-corrected chi connectivity index (χ0v) is 8.89. The summed E-state index contributed by atoms with van der Waals surface area (Å²) in [5, 5.41) is 0. The second-order valence-corrected chi connectivity index (χ2v) is 5.20. The average molecular weight is 188 g/mol. The molecule has 0 amide bonds. The zero-order chi connectivity index (χ0) is 10.2. The van der Waals surface area contributed by atoms with Crippen molar-refractivity contribution in [3.8, 4) is 11.8 Å². The van der Waals surface area contributed by atoms with Crippen molar-refractivity contribution < 1.29 is 4.79 Å². The molecule has 0 aromatic heterocycles. The molecule has 1 fully saturated rings. The van der Waals surface area contributed by atoms with E-state index in [2.05, 4.69) is 25.7 Å². The second-order valence-electron chi connectivity index (χ2n) is 5.20. The molecule has 2 rings (SSSR count). The summed E-state index contributed by atoms with van der Waals surface area (Å²) in [6, 6.07) is 0. The molecule has 0 bridgehead atoms. The molecule has 2 aliphatic carbocycles. The SMILES string of the molecule is CC1(C)CC(=O)C=C(C#CC2CC2)C1. The lowest BCUT2D eigenvalue weighted by Gasteiger charge is -2.26. The molecule has 74 valence electrons. The standard InChI is InChI=1S/C13H16O/c1-13(2)8-11(7-12(14)9-13)6-5-10-3-4-10/h7,10H,3-4,8-9H2,1-2H3. The van der Waals surface area contributed by atoms with Crippen LogP contribution in [0.3, 0.4) is 0 Å². The predicted octanol–water partition coefficient (Wildman–Crippen LogP) is 2.72. The highest BCUT2D eigenvalue weighted by Gasteiger charge is 2.27. The number of rotatable bonds is 0. The molecule has 14 heavy (non-hydrogen) atoms. The first kappa shape index (κ1) is 9.52. The molecule has 0 N–H and O–H groups in total. The minimum Gasteiger partial charge on any atom is -0.295 e. The Kier molecular flexibility index (Phi) is 2.23. The van der Waals surface area contributed by atoms with E-state index < -0.39 is 0 Å². The Hall–Kier alpha value is -1.03. The molecule has 0 aliphatic heterocycles. The molecule has 0 aromatic rings. The van der Waals surface area contributed by atoms with Gasteiger partial charge in [-0.05, 0) is 30.8 Å². The van der Waals surface area contributed by atoms with Crippen molar-refractivity contribution in [1.82, 2.24) is 0 Å². The number of hydrogen-bond acceptors (Lipinski definition) is 1. The maximum absolute atomic E-state index is 11.4. The first-order chi connectivity index (χ1) is 6.55. The van der Waals surface area contributed by atoms with Gasteiger partial charge in [0.15, 0.2) is 5.78 Å². The van der Waals surface area contributed by atoms with Gasteiger partial charge >= 0.3 is 0 Å². The summed E-state index contributed by atoms with van der Waals surface area (Å²) in [5.41, 5.74) is 1.15. The fraction of sp³-hybridized carbons (Fsp3) is 0.615. The van der Waals surface area contributed by atoms with Gasteiger partial charge in [0.25, 0.3) is 0 Å². The van der Waals surface area contributed by atoms with Crippen LogP contribution in [-0.4, -0.2) is 5.78 Å². The zero-order valence-electron chi connectivity index (χ0n) is 8.89. The summed E-state index contributed by atoms with van der Waals surface area (Å²) in [7, 11) is 0. The van der Waals surface area contributed by atoms with Crippen LogP contribution in [0.15, 0.2) is 11.6 Å². The summed E-state index contributed by atoms with van der Waals surface area (Å²) in [4.78, 5) is 11.4. The van der Waals surface area contributed by atoms with E-state index in [0.29, 0.717) is 12.3 Å². The van der Waals surface area contributed by atoms with Gasteiger partial charge in [0.05, 0.1) is 0 Å². The molecule has 1 nitrogen and oxygen atoms in total. The molecule has 0 atom stereocenters. The molecule has 2 aliphatic rings. The van der Waals surface area contributed by atoms with Crippen molar-refractivity contribution in [3.05, 3.63) is 11.6 Å². The Labute approximate surface area is 85.6 Å². The van der Waals surface area contributed by atoms with Gasteiger partial charge in [-0.3, -0.25) is 4.79 Å². The van der Waals surface area contributed by atoms with Gasteiger partial charge in [-0.25, -0.2) is 0 Å². The highest BCUT2D eigenvalue weighted by Crippen LogP contribution is 2.34. The Morgan fingerprint density at radius 3 is 2.64 bits per heavy atom. The van der Waals surface area contributed by atoms with Gasteiger partial charge in [-0.2, -0.15) is 0 Å². The molecule has 0 heterocycles. The van der Waals surface area contributed by atoms with Crippen LogP contribution < -0.4 is 0 Å². The minimum absolute atomic E-state index is 0.111. The van der Waals surface area contributed by atoms with E-state index in [1.165, 1.54) is 12.8 Å². The van der Waals surface area contributed by atoms with E-state index >= 15 is 0 Å². The normalized spacial score (nSPS) is 25.0. The van der Waals surface area contributed by atoms with Crippen molar-refractivity contribution in [1.29, 1.82) is 0 Å². The van der Waals surface area contributed by atoms with Crippen molar-refractivity contribution in [2.75, 3.05) is 0 Å². The molecule has 1 saturated carbocycles. The van der Waals surface area contributed by atoms with Crippen LogP contribution in [0.4, 0.5) is 0 Å². The van der Waals surface area contributed by atoms with Crippen molar-refractivity contribution in [3.63, 3.8) is 0 Å². The molecule has 0 saturated heterocycles. The molecule has 1 heteroatoms. The van der Waals surface area contributed by atoms with Crippen LogP contribution >= 0.6 is 0 Å². The lowest BCUT2D eigenvalue weighted by atomic mass is 9.77. The van der Waals surface area contributed by atoms with Crippen LogP contribution in [0.5, 0.6) is 0 Å². The number of allylic oxidation sites excluding steroid dienone is 2. The molecular formula is C13H16O. The molecule has 0 radical (unpaired) electrons. The maximum atomic E-state index is 11.4. The summed E-state index contributed by atoms with van der Waals surface area (Å²) in [6.07, 6.45) is 5.86. The number of carbonyl (C=O) groups excluding carboxylic acids is 1. The number of ketones is 1. The quantitative estimate of drug-likeness (QED) is 0.534. The lowest BCUT2D eigenvalue weighted by Crippen LogP contribution is -2.21. The monoisotopic (exact) mass is 188 g/mol. The lowest BCUT2D eigenvalue weighted by molar-refractivity contribution is -0.116. The Morgan fingerprint density at radius 2 is 2.07 bits per heavy atom. The van der Waals surface area contributed by atoms with Gasteiger partial charge < -0.3 is 0 Å². The fourth-order valence-corrected chi connectivity index (χ4v) is 1.85. The van der Waals surface area contributed by atoms with E-state index in [4.69, 9.17) is 0 Å². The van der Waals surface area contributed by atoms with Crippen LogP contribution in [0.25, 0.3) is 0 Å². The van der Waals surface area contributed by atoms with Gasteiger partial charge in [0.2, 0.25) is 0 Å². The van der Waals surface area contributed by atoms with Crippen LogP contribution in [0.1, 0.15) is 39.5 Å². The van der Waals surface area contributed by atoms with E-state index in [1.807, 2.05) is 0 Å². The first-order valence-electron chi connectivity index (χ1n) is 5.30. The van der Waals surface area contributed by atoms with E-state index in [9.17, 15) is 4.79 Å². The molecular weight excluding hydrogens is 172 g/mol. The van der Waals surface area contributed by atoms with Gasteiger partial charge in [-0.15, -0.1) is 0 Å². The van der Waals surface area contributed by atoms with Crippen molar-refractivity contribution in [2.45, 2.75) is 39.5 Å². The highest BCUT2D eigenvalue weighted by atomic mass is 16.1. The van der Waals surface area contributed by atoms with Crippen molar-refractivity contribution in [2.24, 2.45) is 11.3 Å². The first-order valence-corrected chi connectivity index (χ1v) is 5.30. The second kappa shape index (κ2) is 3.28. The third kappa shape index (κ3) is 2.48. The predicted molar refractivity (Wildman–Crippen MR) is 56.6 cm³/mol. The van der Waals surface area contributed by atoms with E-state index in [0.717, 1.165) is 12.0 Å². The highest BCUT2D eigenvalue weighted by molar-refractivity contribution is 5.92. The van der Waals surface area contributed by atoms with E-state index in [-0.39, 0.29) is 11.2 Å². The molecule has 0 aromatic carbocycles. The summed E-state index contributed by atoms with van der Waals surface area (Å²) in [6.45, 7) is 4.27. The smallest absolute Gasteiger partial charge is 0.157 e. The Balaban J connectivity index is 2.11.